The second kappa shape index (κ2) is 7.31. The summed E-state index contributed by atoms with van der Waals surface area (Å²) in [5, 5.41) is 9.67. The molecule has 2 N–H and O–H groups in total. The number of aryl methyl sites for hydroxylation is 1. The van der Waals surface area contributed by atoms with Gasteiger partial charge in [-0.15, -0.1) is 0 Å². The summed E-state index contributed by atoms with van der Waals surface area (Å²) in [6, 6.07) is 5.91. The van der Waals surface area contributed by atoms with Crippen molar-refractivity contribution >= 4 is 18.1 Å². The fourth-order valence-electron chi connectivity index (χ4n) is 2.22. The predicted octanol–water partition coefficient (Wildman–Crippen LogP) is 2.91. The van der Waals surface area contributed by atoms with Crippen LogP contribution in [0.3, 0.4) is 0 Å². The monoisotopic (exact) mass is 322 g/mol. The standard InChI is InChI=1S/C15H19FN4OS/c1-3-5-13-18-19-15(22)20(13)9-14(21)17-10(2)11-6-4-7-12(16)8-11/h4,6-8,10H,3,5,9H2,1-2H3,(H,17,21)(H,19,22). The number of halogens is 1. The molecule has 118 valence electrons. The average molecular weight is 322 g/mol. The van der Waals surface area contributed by atoms with E-state index in [4.69, 9.17) is 12.2 Å². The lowest BCUT2D eigenvalue weighted by atomic mass is 10.1. The van der Waals surface area contributed by atoms with Gasteiger partial charge in [-0.3, -0.25) is 14.5 Å². The number of amides is 1. The molecular weight excluding hydrogens is 303 g/mol. The average Bonchev–Trinajstić information content (AvgIpc) is 2.80. The minimum Gasteiger partial charge on any atom is -0.348 e. The van der Waals surface area contributed by atoms with Gasteiger partial charge in [0.15, 0.2) is 4.77 Å². The SMILES string of the molecule is CCCc1n[nH]c(=S)n1CC(=O)NC(C)c1cccc(F)c1. The molecule has 0 radical (unpaired) electrons. The number of rotatable bonds is 6. The Morgan fingerprint density at radius 1 is 1.55 bits per heavy atom. The summed E-state index contributed by atoms with van der Waals surface area (Å²) in [6.45, 7) is 3.95. The third-order valence-electron chi connectivity index (χ3n) is 3.34. The number of benzene rings is 1. The van der Waals surface area contributed by atoms with Gasteiger partial charge in [-0.1, -0.05) is 19.1 Å². The molecule has 1 amide bonds. The van der Waals surface area contributed by atoms with Gasteiger partial charge in [0.1, 0.15) is 18.2 Å². The molecule has 1 heterocycles. The lowest BCUT2D eigenvalue weighted by Crippen LogP contribution is -2.30. The van der Waals surface area contributed by atoms with E-state index in [1.807, 2.05) is 13.8 Å². The van der Waals surface area contributed by atoms with Gasteiger partial charge in [-0.2, -0.15) is 5.10 Å². The van der Waals surface area contributed by atoms with Crippen molar-refractivity contribution < 1.29 is 9.18 Å². The maximum absolute atomic E-state index is 13.2. The number of H-pyrrole nitrogens is 1. The summed E-state index contributed by atoms with van der Waals surface area (Å²) in [6.07, 6.45) is 1.67. The Bertz CT molecular complexity index is 710. The molecule has 0 spiro atoms. The zero-order valence-electron chi connectivity index (χ0n) is 12.6. The molecular formula is C15H19FN4OS. The van der Waals surface area contributed by atoms with Gasteiger partial charge < -0.3 is 5.32 Å². The van der Waals surface area contributed by atoms with Gasteiger partial charge in [-0.25, -0.2) is 4.39 Å². The number of aromatic amines is 1. The fourth-order valence-corrected chi connectivity index (χ4v) is 2.43. The smallest absolute Gasteiger partial charge is 0.240 e. The van der Waals surface area contributed by atoms with Crippen molar-refractivity contribution in [1.29, 1.82) is 0 Å². The van der Waals surface area contributed by atoms with Crippen molar-refractivity contribution in [3.05, 3.63) is 46.2 Å². The van der Waals surface area contributed by atoms with E-state index < -0.39 is 0 Å². The molecule has 7 heteroatoms. The highest BCUT2D eigenvalue weighted by Crippen LogP contribution is 2.13. The molecule has 2 aromatic rings. The molecule has 1 unspecified atom stereocenters. The van der Waals surface area contributed by atoms with E-state index in [2.05, 4.69) is 15.5 Å². The summed E-state index contributed by atoms with van der Waals surface area (Å²) < 4.78 is 15.3. The summed E-state index contributed by atoms with van der Waals surface area (Å²) >= 11 is 5.14. The van der Waals surface area contributed by atoms with E-state index >= 15 is 0 Å². The topological polar surface area (TPSA) is 62.7 Å². The highest BCUT2D eigenvalue weighted by Gasteiger charge is 2.13. The van der Waals surface area contributed by atoms with Crippen LogP contribution >= 0.6 is 12.2 Å². The lowest BCUT2D eigenvalue weighted by molar-refractivity contribution is -0.122. The quantitative estimate of drug-likeness (QED) is 0.804. The second-order valence-electron chi connectivity index (χ2n) is 5.13. The van der Waals surface area contributed by atoms with Crippen LogP contribution in [-0.2, 0) is 17.8 Å². The van der Waals surface area contributed by atoms with Crippen LogP contribution in [0, 0.1) is 10.6 Å². The van der Waals surface area contributed by atoms with Crippen LogP contribution in [0.1, 0.15) is 37.7 Å². The van der Waals surface area contributed by atoms with E-state index in [1.165, 1.54) is 12.1 Å². The van der Waals surface area contributed by atoms with E-state index in [0.717, 1.165) is 24.2 Å². The van der Waals surface area contributed by atoms with Gasteiger partial charge in [0.2, 0.25) is 5.91 Å². The molecule has 1 aromatic carbocycles. The van der Waals surface area contributed by atoms with Crippen molar-refractivity contribution in [3.63, 3.8) is 0 Å². The fraction of sp³-hybridized carbons (Fsp3) is 0.400. The first-order valence-electron chi connectivity index (χ1n) is 7.20. The minimum absolute atomic E-state index is 0.102. The number of carbonyl (C=O) groups is 1. The lowest BCUT2D eigenvalue weighted by Gasteiger charge is -2.15. The van der Waals surface area contributed by atoms with Crippen molar-refractivity contribution in [1.82, 2.24) is 20.1 Å². The number of hydrogen-bond acceptors (Lipinski definition) is 3. The molecule has 0 fully saturated rings. The van der Waals surface area contributed by atoms with Gasteiger partial charge >= 0.3 is 0 Å². The normalized spacial score (nSPS) is 12.1. The summed E-state index contributed by atoms with van der Waals surface area (Å²) in [4.78, 5) is 12.2. The third kappa shape index (κ3) is 4.00. The number of aromatic nitrogens is 3. The number of nitrogens with zero attached hydrogens (tertiary/aromatic N) is 2. The van der Waals surface area contributed by atoms with Crippen molar-refractivity contribution in [2.24, 2.45) is 0 Å². The highest BCUT2D eigenvalue weighted by atomic mass is 32.1. The Kier molecular flexibility index (Phi) is 5.43. The van der Waals surface area contributed by atoms with Crippen LogP contribution < -0.4 is 5.32 Å². The molecule has 1 aromatic heterocycles. The van der Waals surface area contributed by atoms with Crippen molar-refractivity contribution in [2.45, 2.75) is 39.3 Å². The Morgan fingerprint density at radius 2 is 2.32 bits per heavy atom. The maximum Gasteiger partial charge on any atom is 0.240 e. The Labute approximate surface area is 133 Å². The van der Waals surface area contributed by atoms with Gasteiger partial charge in [-0.05, 0) is 43.3 Å². The van der Waals surface area contributed by atoms with E-state index in [1.54, 1.807) is 16.7 Å². The molecule has 2 rings (SSSR count). The van der Waals surface area contributed by atoms with Crippen LogP contribution in [0.4, 0.5) is 4.39 Å². The Morgan fingerprint density at radius 3 is 3.00 bits per heavy atom. The van der Waals surface area contributed by atoms with Gasteiger partial charge in [0, 0.05) is 6.42 Å². The molecule has 1 atom stereocenters. The van der Waals surface area contributed by atoms with Crippen LogP contribution in [-0.4, -0.2) is 20.7 Å². The largest absolute Gasteiger partial charge is 0.348 e. The van der Waals surface area contributed by atoms with Gasteiger partial charge in [0.05, 0.1) is 6.04 Å². The van der Waals surface area contributed by atoms with Crippen LogP contribution in [0.25, 0.3) is 0 Å². The molecule has 0 saturated heterocycles. The molecule has 5 nitrogen and oxygen atoms in total. The first-order valence-corrected chi connectivity index (χ1v) is 7.61. The Hall–Kier alpha value is -2.02. The minimum atomic E-state index is -0.319. The second-order valence-corrected chi connectivity index (χ2v) is 5.51. The number of nitrogens with one attached hydrogen (secondary N) is 2. The molecule has 0 saturated carbocycles. The van der Waals surface area contributed by atoms with E-state index in [-0.39, 0.29) is 24.3 Å². The molecule has 0 aliphatic carbocycles. The summed E-state index contributed by atoms with van der Waals surface area (Å²) in [5.41, 5.74) is 0.720. The van der Waals surface area contributed by atoms with E-state index in [0.29, 0.717) is 4.77 Å². The molecule has 0 bridgehead atoms. The van der Waals surface area contributed by atoms with Crippen molar-refractivity contribution in [3.8, 4) is 0 Å². The summed E-state index contributed by atoms with van der Waals surface area (Å²) in [7, 11) is 0. The predicted molar refractivity (Wildman–Crippen MR) is 84.4 cm³/mol. The molecule has 0 aliphatic heterocycles. The number of carbonyl (C=O) groups excluding carboxylic acids is 1. The Balaban J connectivity index is 2.04. The third-order valence-corrected chi connectivity index (χ3v) is 3.65. The molecule has 0 aliphatic rings. The van der Waals surface area contributed by atoms with Crippen molar-refractivity contribution in [2.75, 3.05) is 0 Å². The zero-order valence-corrected chi connectivity index (χ0v) is 13.4. The zero-order chi connectivity index (χ0) is 16.1. The maximum atomic E-state index is 13.2. The highest BCUT2D eigenvalue weighted by molar-refractivity contribution is 7.71. The molecule has 22 heavy (non-hydrogen) atoms. The van der Waals surface area contributed by atoms with Crippen LogP contribution in [0.15, 0.2) is 24.3 Å². The van der Waals surface area contributed by atoms with E-state index in [9.17, 15) is 9.18 Å². The summed E-state index contributed by atoms with van der Waals surface area (Å²) in [5.74, 6) is 0.258. The van der Waals surface area contributed by atoms with Crippen LogP contribution in [0.5, 0.6) is 0 Å². The van der Waals surface area contributed by atoms with Crippen LogP contribution in [0.2, 0.25) is 0 Å². The number of hydrogen-bond donors (Lipinski definition) is 2. The van der Waals surface area contributed by atoms with Gasteiger partial charge in [0.25, 0.3) is 0 Å². The first-order chi connectivity index (χ1) is 10.5. The first kappa shape index (κ1) is 16.4.